The van der Waals surface area contributed by atoms with Crippen molar-refractivity contribution in [3.63, 3.8) is 0 Å². The summed E-state index contributed by atoms with van der Waals surface area (Å²) in [4.78, 5) is 0. The molecule has 0 saturated carbocycles. The van der Waals surface area contributed by atoms with E-state index in [4.69, 9.17) is 17.5 Å². The Bertz CT molecular complexity index is 99.2. The van der Waals surface area contributed by atoms with Crippen molar-refractivity contribution in [2.24, 2.45) is 0 Å². The predicted molar refractivity (Wildman–Crippen MR) is 10.5 cm³/mol. The van der Waals surface area contributed by atoms with Crippen LogP contribution < -0.4 is 12.4 Å². The molecule has 0 heterocycles. The van der Waals surface area contributed by atoms with Gasteiger partial charge in [-0.1, -0.05) is 0 Å². The van der Waals surface area contributed by atoms with Crippen molar-refractivity contribution in [3.05, 3.63) is 0 Å². The van der Waals surface area contributed by atoms with Gasteiger partial charge in [-0.05, 0) is 0 Å². The Morgan fingerprint density at radius 2 is 1.12 bits per heavy atom. The maximum Gasteiger partial charge on any atom is 3.00 e. The first-order chi connectivity index (χ1) is 2.00. The van der Waals surface area contributed by atoms with E-state index >= 15 is 0 Å². The Morgan fingerprint density at radius 3 is 1.12 bits per heavy atom. The van der Waals surface area contributed by atoms with Crippen LogP contribution in [0, 0.1) is 0 Å². The Hall–Kier alpha value is 1.20. The molecule has 0 bridgehead atoms. The van der Waals surface area contributed by atoms with Gasteiger partial charge in [-0.3, -0.25) is 8.42 Å². The van der Waals surface area contributed by atoms with Crippen molar-refractivity contribution in [1.82, 2.24) is 0 Å². The molecule has 0 aromatic rings. The molecule has 8 heavy (non-hydrogen) atoms. The topological polar surface area (TPSA) is 80.3 Å². The van der Waals surface area contributed by atoms with E-state index in [1.54, 1.807) is 0 Å². The molecule has 55 valence electrons. The van der Waals surface area contributed by atoms with E-state index in [1.165, 1.54) is 0 Å². The minimum atomic E-state index is -5.17. The molecule has 4 nitrogen and oxygen atoms in total. The Labute approximate surface area is 74.4 Å². The minimum Gasteiger partial charge on any atom is -1.00 e. The number of rotatable bonds is 0. The van der Waals surface area contributed by atoms with Crippen LogP contribution in [0.2, 0.25) is 0 Å². The van der Waals surface area contributed by atoms with Gasteiger partial charge in [-0.25, -0.2) is 0 Å². The van der Waals surface area contributed by atoms with E-state index < -0.39 is 10.4 Å². The summed E-state index contributed by atoms with van der Waals surface area (Å²) in [7, 11) is -5.17. The molecule has 0 rings (SSSR count). The summed E-state index contributed by atoms with van der Waals surface area (Å²) in [5, 5.41) is 0. The number of hydrogen-bond donors (Lipinski definition) is 0. The molecular formula is ClCuFeO4S+. The average Bonchev–Trinajstić information content (AvgIpc) is 0.722. The summed E-state index contributed by atoms with van der Waals surface area (Å²) in [6, 6.07) is 0. The fourth-order valence-electron chi connectivity index (χ4n) is 0. The van der Waals surface area contributed by atoms with Crippen LogP contribution in [-0.2, 0) is 44.5 Å². The van der Waals surface area contributed by atoms with Crippen LogP contribution in [0.25, 0.3) is 0 Å². The van der Waals surface area contributed by atoms with E-state index in [-0.39, 0.29) is 46.5 Å². The van der Waals surface area contributed by atoms with Crippen molar-refractivity contribution >= 4 is 10.4 Å². The van der Waals surface area contributed by atoms with Gasteiger partial charge in [0.25, 0.3) is 0 Å². The molecule has 0 spiro atoms. The quantitative estimate of drug-likeness (QED) is 0.247. The summed E-state index contributed by atoms with van der Waals surface area (Å²) < 4.78 is 34.1. The predicted octanol–water partition coefficient (Wildman–Crippen LogP) is -4.34. The van der Waals surface area contributed by atoms with Gasteiger partial charge in [0.1, 0.15) is 0 Å². The monoisotopic (exact) mass is 250 g/mol. The molecule has 0 unspecified atom stereocenters. The molecule has 0 saturated heterocycles. The first-order valence-electron chi connectivity index (χ1n) is 0.667. The van der Waals surface area contributed by atoms with Crippen molar-refractivity contribution in [1.29, 1.82) is 0 Å². The van der Waals surface area contributed by atoms with Gasteiger partial charge in [0.15, 0.2) is 0 Å². The summed E-state index contributed by atoms with van der Waals surface area (Å²) >= 11 is 0. The van der Waals surface area contributed by atoms with Crippen LogP contribution >= 0.6 is 0 Å². The maximum absolute atomic E-state index is 8.52. The van der Waals surface area contributed by atoms with Gasteiger partial charge in [0.05, 0.1) is 0 Å². The van der Waals surface area contributed by atoms with Crippen LogP contribution in [-0.4, -0.2) is 17.5 Å². The first-order valence-corrected chi connectivity index (χ1v) is 2.00. The fourth-order valence-corrected chi connectivity index (χ4v) is 0. The second-order valence-electron chi connectivity index (χ2n) is 0.408. The third-order valence-corrected chi connectivity index (χ3v) is 0. The summed E-state index contributed by atoms with van der Waals surface area (Å²) in [5.41, 5.74) is 0. The molecule has 0 aromatic heterocycles. The fraction of sp³-hybridized carbons (Fsp3) is 0. The number of halogens is 1. The molecule has 0 amide bonds. The third-order valence-electron chi connectivity index (χ3n) is 0. The van der Waals surface area contributed by atoms with Crippen molar-refractivity contribution in [2.45, 2.75) is 0 Å². The molecule has 1 radical (unpaired) electrons. The molecule has 0 aliphatic rings. The molecular weight excluding hydrogens is 251 g/mol. The molecule has 8 heteroatoms. The number of hydrogen-bond acceptors (Lipinski definition) is 4. The molecule has 0 aliphatic heterocycles. The Morgan fingerprint density at radius 1 is 1.12 bits per heavy atom. The van der Waals surface area contributed by atoms with E-state index in [1.807, 2.05) is 0 Å². The van der Waals surface area contributed by atoms with Crippen LogP contribution in [0.1, 0.15) is 0 Å². The summed E-state index contributed by atoms with van der Waals surface area (Å²) in [6.07, 6.45) is 0. The van der Waals surface area contributed by atoms with Gasteiger partial charge >= 0.3 is 34.1 Å². The maximum atomic E-state index is 8.52. The summed E-state index contributed by atoms with van der Waals surface area (Å²) in [6.45, 7) is 0. The zero-order chi connectivity index (χ0) is 4.50. The minimum absolute atomic E-state index is 0. The zero-order valence-electron chi connectivity index (χ0n) is 3.07. The largest absolute Gasteiger partial charge is 3.00 e. The normalized spacial score (nSPS) is 7.25. The standard InChI is InChI=1S/ClH.Cu.Fe.H2O4S/c;;;1-5(2,3)4/h1H;;;(H2,1,2,3,4)/q;+1;+3;/p-3. The van der Waals surface area contributed by atoms with E-state index in [0.717, 1.165) is 0 Å². The molecule has 0 N–H and O–H groups in total. The van der Waals surface area contributed by atoms with Crippen molar-refractivity contribution < 1.29 is 64.1 Å². The molecule has 0 aromatic carbocycles. The van der Waals surface area contributed by atoms with Crippen molar-refractivity contribution in [3.8, 4) is 0 Å². The van der Waals surface area contributed by atoms with Crippen LogP contribution in [0.3, 0.4) is 0 Å². The van der Waals surface area contributed by atoms with Crippen LogP contribution in [0.15, 0.2) is 0 Å². The van der Waals surface area contributed by atoms with Gasteiger partial charge in [-0.15, -0.1) is 0 Å². The van der Waals surface area contributed by atoms with E-state index in [9.17, 15) is 0 Å². The first kappa shape index (κ1) is 22.9. The Balaban J connectivity index is -0.0000000267. The van der Waals surface area contributed by atoms with Crippen molar-refractivity contribution in [2.75, 3.05) is 0 Å². The van der Waals surface area contributed by atoms with Crippen LogP contribution in [0.4, 0.5) is 0 Å². The zero-order valence-corrected chi connectivity index (χ0v) is 6.69. The van der Waals surface area contributed by atoms with Gasteiger partial charge < -0.3 is 21.5 Å². The van der Waals surface area contributed by atoms with Crippen LogP contribution in [0.5, 0.6) is 0 Å². The third kappa shape index (κ3) is 192. The van der Waals surface area contributed by atoms with E-state index in [2.05, 4.69) is 0 Å². The molecule has 0 aliphatic carbocycles. The smallest absolute Gasteiger partial charge is 1.00 e. The SMILES string of the molecule is O=S(=O)([O-])[O-].[Cl-].[Cu+].[Fe+3]. The average molecular weight is 251 g/mol. The van der Waals surface area contributed by atoms with Gasteiger partial charge in [-0.2, -0.15) is 0 Å². The van der Waals surface area contributed by atoms with Gasteiger partial charge in [0, 0.05) is 10.4 Å². The molecule has 0 fully saturated rings. The van der Waals surface area contributed by atoms with E-state index in [0.29, 0.717) is 0 Å². The Kier molecular flexibility index (Phi) is 23.4. The second kappa shape index (κ2) is 8.20. The molecule has 0 atom stereocenters. The van der Waals surface area contributed by atoms with Gasteiger partial charge in [0.2, 0.25) is 0 Å². The second-order valence-corrected chi connectivity index (χ2v) is 1.22. The summed E-state index contributed by atoms with van der Waals surface area (Å²) in [5.74, 6) is 0.